The molecule has 58 heavy (non-hydrogen) atoms. The Labute approximate surface area is 341 Å². The van der Waals surface area contributed by atoms with Crippen LogP contribution in [-0.4, -0.2) is 0 Å². The van der Waals surface area contributed by atoms with Gasteiger partial charge in [0.25, 0.3) is 0 Å². The Morgan fingerprint density at radius 2 is 0.707 bits per heavy atom. The molecule has 1 nitrogen and oxygen atoms in total. The van der Waals surface area contributed by atoms with Gasteiger partial charge in [-0.3, -0.25) is 0 Å². The minimum atomic E-state index is -0.459. The second kappa shape index (κ2) is 13.5. The van der Waals surface area contributed by atoms with Crippen molar-refractivity contribution in [3.8, 4) is 33.4 Å². The average Bonchev–Trinajstić information content (AvgIpc) is 3.75. The molecule has 11 rings (SSSR count). The summed E-state index contributed by atoms with van der Waals surface area (Å²) in [5, 5.41) is 0. The lowest BCUT2D eigenvalue weighted by molar-refractivity contribution is 0.714. The summed E-state index contributed by atoms with van der Waals surface area (Å²) in [5.41, 5.74) is 19.2. The number of fused-ring (bicyclic) bond motifs is 6. The van der Waals surface area contributed by atoms with Crippen LogP contribution < -0.4 is 4.90 Å². The fourth-order valence-electron chi connectivity index (χ4n) is 10.2. The van der Waals surface area contributed by atoms with Gasteiger partial charge in [-0.25, -0.2) is 0 Å². The molecule has 1 heteroatoms. The summed E-state index contributed by atoms with van der Waals surface area (Å²) in [7, 11) is 0. The Morgan fingerprint density at radius 3 is 1.31 bits per heavy atom. The Kier molecular flexibility index (Phi) is 7.91. The molecule has 9 aromatic rings. The molecule has 274 valence electrons. The van der Waals surface area contributed by atoms with Crippen molar-refractivity contribution in [1.29, 1.82) is 0 Å². The number of anilines is 3. The molecule has 0 saturated carbocycles. The molecule has 0 saturated heterocycles. The minimum absolute atomic E-state index is 0.270. The first-order valence-corrected chi connectivity index (χ1v) is 20.3. The Morgan fingerprint density at radius 1 is 0.310 bits per heavy atom. The first-order valence-electron chi connectivity index (χ1n) is 20.3. The highest BCUT2D eigenvalue weighted by Crippen LogP contribution is 2.58. The van der Waals surface area contributed by atoms with E-state index in [-0.39, 0.29) is 5.41 Å². The van der Waals surface area contributed by atoms with Gasteiger partial charge in [-0.15, -0.1) is 0 Å². The SMILES string of the molecule is CC1(c2ccccc2)c2ccccc2-c2cc(N(c3ccc4c(c3)-c3ccccc3C4(c3ccccc3)c3ccccc3)c3ccccc3-c3ccccc3)ccc21. The molecule has 0 bridgehead atoms. The van der Waals surface area contributed by atoms with Gasteiger partial charge in [0, 0.05) is 22.4 Å². The average molecular weight is 740 g/mol. The van der Waals surface area contributed by atoms with Gasteiger partial charge < -0.3 is 4.90 Å². The number of hydrogen-bond donors (Lipinski definition) is 0. The van der Waals surface area contributed by atoms with E-state index in [1.807, 2.05) is 0 Å². The smallest absolute Gasteiger partial charge is 0.0713 e. The summed E-state index contributed by atoms with van der Waals surface area (Å²) in [6.45, 7) is 2.39. The maximum atomic E-state index is 2.48. The van der Waals surface area contributed by atoms with Gasteiger partial charge in [0.2, 0.25) is 0 Å². The number of hydrogen-bond acceptors (Lipinski definition) is 1. The molecular formula is C57H41N. The first-order chi connectivity index (χ1) is 28.7. The van der Waals surface area contributed by atoms with Crippen molar-refractivity contribution in [3.05, 3.63) is 269 Å². The van der Waals surface area contributed by atoms with Crippen molar-refractivity contribution in [2.45, 2.75) is 17.8 Å². The number of rotatable bonds is 7. The predicted octanol–water partition coefficient (Wildman–Crippen LogP) is 14.5. The fraction of sp³-hybridized carbons (Fsp3) is 0.0526. The standard InChI is InChI=1S/C57H41N/c1-56(41-22-8-3-9-23-41)51-31-17-14-29-47(51)49-38-44(34-36-52(49)56)58(55-33-19-16-28-46(55)40-20-6-2-7-21-40)45-35-37-54-50(39-45)48-30-15-18-32-53(48)57(54,42-24-10-4-11-25-42)43-26-12-5-13-27-43/h2-39H,1H3. The zero-order valence-corrected chi connectivity index (χ0v) is 32.4. The molecule has 0 amide bonds. The monoisotopic (exact) mass is 739 g/mol. The van der Waals surface area contributed by atoms with Crippen LogP contribution >= 0.6 is 0 Å². The zero-order chi connectivity index (χ0) is 38.7. The summed E-state index contributed by atoms with van der Waals surface area (Å²) < 4.78 is 0. The van der Waals surface area contributed by atoms with E-state index >= 15 is 0 Å². The third-order valence-corrected chi connectivity index (χ3v) is 12.8. The predicted molar refractivity (Wildman–Crippen MR) is 241 cm³/mol. The van der Waals surface area contributed by atoms with Crippen molar-refractivity contribution in [1.82, 2.24) is 0 Å². The minimum Gasteiger partial charge on any atom is -0.310 e. The van der Waals surface area contributed by atoms with Gasteiger partial charge in [-0.05, 0) is 104 Å². The maximum absolute atomic E-state index is 2.48. The highest BCUT2D eigenvalue weighted by molar-refractivity contribution is 5.95. The van der Waals surface area contributed by atoms with Gasteiger partial charge >= 0.3 is 0 Å². The lowest BCUT2D eigenvalue weighted by Crippen LogP contribution is -2.28. The molecule has 1 unspecified atom stereocenters. The number of nitrogens with zero attached hydrogens (tertiary/aromatic N) is 1. The Balaban J connectivity index is 1.17. The lowest BCUT2D eigenvalue weighted by Gasteiger charge is -2.34. The molecule has 1 atom stereocenters. The van der Waals surface area contributed by atoms with E-state index in [4.69, 9.17) is 0 Å². The van der Waals surface area contributed by atoms with Gasteiger partial charge in [-0.2, -0.15) is 0 Å². The van der Waals surface area contributed by atoms with E-state index in [0.29, 0.717) is 0 Å². The molecule has 0 spiro atoms. The van der Waals surface area contributed by atoms with Gasteiger partial charge in [0.05, 0.1) is 11.1 Å². The van der Waals surface area contributed by atoms with Crippen LogP contribution in [0.3, 0.4) is 0 Å². The molecular weight excluding hydrogens is 699 g/mol. The van der Waals surface area contributed by atoms with E-state index in [1.54, 1.807) is 0 Å². The third-order valence-electron chi connectivity index (χ3n) is 12.8. The van der Waals surface area contributed by atoms with Gasteiger partial charge in [0.15, 0.2) is 0 Å². The van der Waals surface area contributed by atoms with Gasteiger partial charge in [-0.1, -0.05) is 200 Å². The molecule has 0 heterocycles. The van der Waals surface area contributed by atoms with E-state index in [9.17, 15) is 0 Å². The van der Waals surface area contributed by atoms with Crippen LogP contribution in [0.25, 0.3) is 33.4 Å². The molecule has 0 fully saturated rings. The molecule has 2 aliphatic carbocycles. The van der Waals surface area contributed by atoms with E-state index in [1.165, 1.54) is 72.3 Å². The van der Waals surface area contributed by atoms with Gasteiger partial charge in [0.1, 0.15) is 0 Å². The highest BCUT2D eigenvalue weighted by atomic mass is 15.1. The van der Waals surface area contributed by atoms with Crippen LogP contribution in [0.4, 0.5) is 17.1 Å². The Hall–Kier alpha value is -7.22. The number of para-hydroxylation sites is 1. The van der Waals surface area contributed by atoms with Crippen LogP contribution in [0.5, 0.6) is 0 Å². The lowest BCUT2D eigenvalue weighted by atomic mass is 9.68. The summed E-state index contributed by atoms with van der Waals surface area (Å²) in [6.07, 6.45) is 0. The fourth-order valence-corrected chi connectivity index (χ4v) is 10.2. The van der Waals surface area contributed by atoms with Crippen LogP contribution in [0, 0.1) is 0 Å². The first kappa shape index (κ1) is 34.1. The van der Waals surface area contributed by atoms with Crippen LogP contribution in [-0.2, 0) is 10.8 Å². The summed E-state index contributed by atoms with van der Waals surface area (Å²) in [6, 6.07) is 85.1. The normalized spacial score (nSPS) is 15.5. The van der Waals surface area contributed by atoms with Crippen LogP contribution in [0.1, 0.15) is 45.9 Å². The topological polar surface area (TPSA) is 3.24 Å². The van der Waals surface area contributed by atoms with Crippen molar-refractivity contribution >= 4 is 17.1 Å². The number of benzene rings is 9. The molecule has 0 N–H and O–H groups in total. The quantitative estimate of drug-likeness (QED) is 0.157. The highest BCUT2D eigenvalue weighted by Gasteiger charge is 2.46. The van der Waals surface area contributed by atoms with Crippen molar-refractivity contribution in [3.63, 3.8) is 0 Å². The van der Waals surface area contributed by atoms with Crippen molar-refractivity contribution < 1.29 is 0 Å². The third kappa shape index (κ3) is 4.96. The van der Waals surface area contributed by atoms with E-state index < -0.39 is 5.41 Å². The van der Waals surface area contributed by atoms with Crippen molar-refractivity contribution in [2.24, 2.45) is 0 Å². The molecule has 0 radical (unpaired) electrons. The second-order valence-electron chi connectivity index (χ2n) is 15.7. The second-order valence-corrected chi connectivity index (χ2v) is 15.7. The zero-order valence-electron chi connectivity index (χ0n) is 32.4. The maximum Gasteiger partial charge on any atom is 0.0713 e. The van der Waals surface area contributed by atoms with Crippen LogP contribution in [0.15, 0.2) is 231 Å². The van der Waals surface area contributed by atoms with Crippen LogP contribution in [0.2, 0.25) is 0 Å². The Bertz CT molecular complexity index is 2910. The molecule has 2 aliphatic rings. The summed E-state index contributed by atoms with van der Waals surface area (Å²) >= 11 is 0. The summed E-state index contributed by atoms with van der Waals surface area (Å²) in [4.78, 5) is 2.48. The largest absolute Gasteiger partial charge is 0.310 e. The van der Waals surface area contributed by atoms with E-state index in [0.717, 1.165) is 17.1 Å². The molecule has 9 aromatic carbocycles. The molecule has 0 aliphatic heterocycles. The molecule has 0 aromatic heterocycles. The van der Waals surface area contributed by atoms with Crippen molar-refractivity contribution in [2.75, 3.05) is 4.90 Å². The van der Waals surface area contributed by atoms with E-state index in [2.05, 4.69) is 242 Å². The summed E-state index contributed by atoms with van der Waals surface area (Å²) in [5.74, 6) is 0.